The van der Waals surface area contributed by atoms with Gasteiger partial charge in [0.1, 0.15) is 5.75 Å². The Morgan fingerprint density at radius 3 is 2.59 bits per heavy atom. The number of nitrogens with zero attached hydrogens (tertiary/aromatic N) is 2. The highest BCUT2D eigenvalue weighted by molar-refractivity contribution is 7.92. The van der Waals surface area contributed by atoms with Gasteiger partial charge in [-0.15, -0.1) is 0 Å². The van der Waals surface area contributed by atoms with Gasteiger partial charge in [0.05, 0.1) is 18.6 Å². The van der Waals surface area contributed by atoms with Gasteiger partial charge in [-0.05, 0) is 45.1 Å². The summed E-state index contributed by atoms with van der Waals surface area (Å²) in [6.07, 6.45) is 1.36. The first-order valence-electron chi connectivity index (χ1n) is 8.67. The molecule has 0 aliphatic carbocycles. The van der Waals surface area contributed by atoms with Gasteiger partial charge in [-0.2, -0.15) is 0 Å². The molecule has 0 unspecified atom stereocenters. The third-order valence-corrected chi connectivity index (χ3v) is 5.96. The highest BCUT2D eigenvalue weighted by Gasteiger charge is 2.28. The van der Waals surface area contributed by atoms with Crippen molar-refractivity contribution in [1.82, 2.24) is 10.2 Å². The average Bonchev–Trinajstić information content (AvgIpc) is 2.61. The smallest absolute Gasteiger partial charge is 0.313 e. The van der Waals surface area contributed by atoms with Gasteiger partial charge in [0.25, 0.3) is 0 Å². The van der Waals surface area contributed by atoms with Crippen LogP contribution >= 0.6 is 0 Å². The molecule has 9 nitrogen and oxygen atoms in total. The molecule has 2 N–H and O–H groups in total. The van der Waals surface area contributed by atoms with E-state index in [1.807, 2.05) is 19.0 Å². The van der Waals surface area contributed by atoms with Crippen LogP contribution in [0.5, 0.6) is 5.75 Å². The monoisotopic (exact) mass is 398 g/mol. The molecule has 1 aromatic carbocycles. The summed E-state index contributed by atoms with van der Waals surface area (Å²) in [5.74, 6) is -1.11. The first-order valence-corrected chi connectivity index (χ1v) is 10.3. The molecule has 150 valence electrons. The van der Waals surface area contributed by atoms with Crippen molar-refractivity contribution in [3.63, 3.8) is 0 Å². The summed E-state index contributed by atoms with van der Waals surface area (Å²) in [4.78, 5) is 25.8. The Bertz CT molecular complexity index is 795. The van der Waals surface area contributed by atoms with Crippen LogP contribution in [0.15, 0.2) is 18.2 Å². The fourth-order valence-corrected chi connectivity index (χ4v) is 4.32. The zero-order valence-electron chi connectivity index (χ0n) is 15.8. The number of sulfonamides is 1. The Labute approximate surface area is 159 Å². The van der Waals surface area contributed by atoms with Gasteiger partial charge in [0.2, 0.25) is 10.0 Å². The maximum Gasteiger partial charge on any atom is 0.313 e. The molecule has 0 saturated carbocycles. The Hall–Kier alpha value is -2.33. The summed E-state index contributed by atoms with van der Waals surface area (Å²) >= 11 is 0. The number of hydrogen-bond acceptors (Lipinski definition) is 6. The molecule has 1 aromatic rings. The van der Waals surface area contributed by atoms with E-state index in [1.54, 1.807) is 12.1 Å². The van der Waals surface area contributed by atoms with Gasteiger partial charge in [-0.1, -0.05) is 0 Å². The van der Waals surface area contributed by atoms with E-state index in [2.05, 4.69) is 10.6 Å². The van der Waals surface area contributed by atoms with E-state index in [9.17, 15) is 18.0 Å². The van der Waals surface area contributed by atoms with Crippen LogP contribution in [0.3, 0.4) is 0 Å². The third kappa shape index (κ3) is 5.57. The summed E-state index contributed by atoms with van der Waals surface area (Å²) in [6, 6.07) is 4.63. The highest BCUT2D eigenvalue weighted by atomic mass is 32.2. The second kappa shape index (κ2) is 9.05. The van der Waals surface area contributed by atoms with Crippen LogP contribution in [0.1, 0.15) is 12.8 Å². The minimum Gasteiger partial charge on any atom is -0.495 e. The number of methoxy groups -OCH3 is 1. The molecule has 2 amide bonds. The van der Waals surface area contributed by atoms with E-state index >= 15 is 0 Å². The zero-order valence-corrected chi connectivity index (χ0v) is 16.6. The number of ether oxygens (including phenoxy) is 1. The quantitative estimate of drug-likeness (QED) is 0.665. The van der Waals surface area contributed by atoms with Crippen molar-refractivity contribution in [2.24, 2.45) is 0 Å². The van der Waals surface area contributed by atoms with Crippen LogP contribution in [-0.2, 0) is 19.6 Å². The van der Waals surface area contributed by atoms with Crippen LogP contribution in [0.25, 0.3) is 0 Å². The molecule has 1 fully saturated rings. The lowest BCUT2D eigenvalue weighted by molar-refractivity contribution is -0.136. The molecule has 0 aromatic heterocycles. The van der Waals surface area contributed by atoms with E-state index in [4.69, 9.17) is 4.74 Å². The molecule has 2 rings (SSSR count). The molecule has 1 aliphatic heterocycles. The molecule has 0 spiro atoms. The maximum atomic E-state index is 12.4. The number of carbonyl (C=O) groups is 2. The van der Waals surface area contributed by atoms with Gasteiger partial charge in [-0.3, -0.25) is 13.9 Å². The lowest BCUT2D eigenvalue weighted by Gasteiger charge is -2.29. The van der Waals surface area contributed by atoms with Crippen LogP contribution in [0, 0.1) is 0 Å². The molecule has 0 atom stereocenters. The largest absolute Gasteiger partial charge is 0.495 e. The number of benzene rings is 1. The molecule has 0 radical (unpaired) electrons. The highest BCUT2D eigenvalue weighted by Crippen LogP contribution is 2.35. The van der Waals surface area contributed by atoms with E-state index < -0.39 is 21.8 Å². The fourth-order valence-electron chi connectivity index (χ4n) is 2.68. The number of nitrogens with one attached hydrogen (secondary N) is 2. The van der Waals surface area contributed by atoms with Crippen LogP contribution < -0.4 is 19.7 Å². The molecular formula is C17H26N4O5S. The van der Waals surface area contributed by atoms with Gasteiger partial charge in [0.15, 0.2) is 0 Å². The minimum atomic E-state index is -3.43. The minimum absolute atomic E-state index is 0.0705. The van der Waals surface area contributed by atoms with E-state index in [0.717, 1.165) is 6.42 Å². The number of anilines is 2. The number of likely N-dealkylation sites (N-methyl/N-ethyl adjacent to an activating group) is 1. The standard InChI is InChI=1S/C17H26N4O5S/c1-20(2)10-8-18-16(22)17(23)19-13-6-7-15(26-3)14(12-13)21-9-4-5-11-27(21,24)25/h6-7,12H,4-5,8-11H2,1-3H3,(H,18,22)(H,19,23). The summed E-state index contributed by atoms with van der Waals surface area (Å²) in [7, 11) is 1.74. The van der Waals surface area contributed by atoms with E-state index in [-0.39, 0.29) is 5.75 Å². The van der Waals surface area contributed by atoms with Crippen molar-refractivity contribution in [2.45, 2.75) is 12.8 Å². The Morgan fingerprint density at radius 1 is 1.22 bits per heavy atom. The van der Waals surface area contributed by atoms with Crippen LogP contribution in [-0.4, -0.2) is 71.7 Å². The van der Waals surface area contributed by atoms with Gasteiger partial charge in [0, 0.05) is 25.3 Å². The van der Waals surface area contributed by atoms with Crippen molar-refractivity contribution in [3.05, 3.63) is 18.2 Å². The number of carbonyl (C=O) groups excluding carboxylic acids is 2. The molecule has 10 heteroatoms. The summed E-state index contributed by atoms with van der Waals surface area (Å²) in [6.45, 7) is 1.30. The zero-order chi connectivity index (χ0) is 20.0. The predicted molar refractivity (Wildman–Crippen MR) is 104 cm³/mol. The molecule has 1 aliphatic rings. The predicted octanol–water partition coefficient (Wildman–Crippen LogP) is 0.242. The SMILES string of the molecule is COc1ccc(NC(=O)C(=O)NCCN(C)C)cc1N1CCCCS1(=O)=O. The normalized spacial score (nSPS) is 16.1. The van der Waals surface area contributed by atoms with Gasteiger partial charge in [-0.25, -0.2) is 8.42 Å². The summed E-state index contributed by atoms with van der Waals surface area (Å²) in [5, 5.41) is 5.02. The second-order valence-electron chi connectivity index (χ2n) is 6.50. The Balaban J connectivity index is 2.14. The van der Waals surface area contributed by atoms with E-state index in [0.29, 0.717) is 43.2 Å². The van der Waals surface area contributed by atoms with Crippen molar-refractivity contribution in [2.75, 3.05) is 56.2 Å². The van der Waals surface area contributed by atoms with Gasteiger partial charge < -0.3 is 20.3 Å². The lowest BCUT2D eigenvalue weighted by atomic mass is 10.2. The maximum absolute atomic E-state index is 12.4. The Morgan fingerprint density at radius 2 is 1.96 bits per heavy atom. The molecule has 1 heterocycles. The van der Waals surface area contributed by atoms with Gasteiger partial charge >= 0.3 is 11.8 Å². The Kier molecular flexibility index (Phi) is 7.03. The summed E-state index contributed by atoms with van der Waals surface area (Å²) < 4.78 is 31.3. The number of hydrogen-bond donors (Lipinski definition) is 2. The first kappa shape index (κ1) is 21.0. The number of amides is 2. The van der Waals surface area contributed by atoms with E-state index in [1.165, 1.54) is 17.5 Å². The van der Waals surface area contributed by atoms with Crippen molar-refractivity contribution < 1.29 is 22.7 Å². The fraction of sp³-hybridized carbons (Fsp3) is 0.529. The first-order chi connectivity index (χ1) is 12.7. The van der Waals surface area contributed by atoms with Crippen LogP contribution in [0.2, 0.25) is 0 Å². The van der Waals surface area contributed by atoms with Crippen molar-refractivity contribution in [3.8, 4) is 5.75 Å². The van der Waals surface area contributed by atoms with Crippen LogP contribution in [0.4, 0.5) is 11.4 Å². The average molecular weight is 398 g/mol. The molecule has 0 bridgehead atoms. The summed E-state index contributed by atoms with van der Waals surface area (Å²) in [5.41, 5.74) is 0.669. The molecule has 27 heavy (non-hydrogen) atoms. The molecular weight excluding hydrogens is 372 g/mol. The lowest BCUT2D eigenvalue weighted by Crippen LogP contribution is -2.39. The molecule has 1 saturated heterocycles. The number of rotatable bonds is 6. The topological polar surface area (TPSA) is 108 Å². The van der Waals surface area contributed by atoms with Crippen molar-refractivity contribution >= 4 is 33.2 Å². The van der Waals surface area contributed by atoms with Crippen molar-refractivity contribution in [1.29, 1.82) is 0 Å². The third-order valence-electron chi connectivity index (χ3n) is 4.11. The second-order valence-corrected chi connectivity index (χ2v) is 8.51.